The van der Waals surface area contributed by atoms with Gasteiger partial charge in [0.25, 0.3) is 0 Å². The van der Waals surface area contributed by atoms with Crippen LogP contribution in [0.1, 0.15) is 40.5 Å². The van der Waals surface area contributed by atoms with Gasteiger partial charge in [0, 0.05) is 13.1 Å². The molecule has 0 unspecified atom stereocenters. The maximum Gasteiger partial charge on any atom is 0.341 e. The maximum atomic E-state index is 12.0. The Morgan fingerprint density at radius 1 is 1.40 bits per heavy atom. The summed E-state index contributed by atoms with van der Waals surface area (Å²) in [4.78, 5) is 29.1. The van der Waals surface area contributed by atoms with Crippen LogP contribution in [-0.2, 0) is 4.74 Å². The molecule has 20 heavy (non-hydrogen) atoms. The number of esters is 1. The van der Waals surface area contributed by atoms with Crippen molar-refractivity contribution >= 4 is 23.6 Å². The Morgan fingerprint density at radius 3 is 2.60 bits per heavy atom. The summed E-state index contributed by atoms with van der Waals surface area (Å²) in [6.45, 7) is 3.44. The van der Waals surface area contributed by atoms with Crippen LogP contribution in [0.3, 0.4) is 0 Å². The second kappa shape index (κ2) is 5.77. The third-order valence-corrected chi connectivity index (χ3v) is 3.16. The molecule has 0 bridgehead atoms. The first-order valence-corrected chi connectivity index (χ1v) is 6.50. The first-order chi connectivity index (χ1) is 9.54. The van der Waals surface area contributed by atoms with Crippen molar-refractivity contribution in [3.63, 3.8) is 0 Å². The van der Waals surface area contributed by atoms with E-state index in [4.69, 9.17) is 15.6 Å². The van der Waals surface area contributed by atoms with Crippen LogP contribution in [0.5, 0.6) is 0 Å². The maximum absolute atomic E-state index is 12.0. The van der Waals surface area contributed by atoms with E-state index in [-0.39, 0.29) is 23.6 Å². The number of pyridine rings is 1. The summed E-state index contributed by atoms with van der Waals surface area (Å²) in [5.74, 6) is -1.48. The minimum absolute atomic E-state index is 0.0903. The van der Waals surface area contributed by atoms with Gasteiger partial charge < -0.3 is 20.5 Å². The standard InChI is InChI=1S/C13H17N3O4/c1-2-20-13(19)9-7-8(12(17)18)10(14)15-11(9)16-5-3-4-6-16/h7H,2-6H2,1H3,(H2,14,15)(H,17,18). The van der Waals surface area contributed by atoms with Crippen molar-refractivity contribution in [1.29, 1.82) is 0 Å². The highest BCUT2D eigenvalue weighted by molar-refractivity contribution is 6.00. The number of carboxylic acids is 1. The summed E-state index contributed by atoms with van der Waals surface area (Å²) in [7, 11) is 0. The number of rotatable bonds is 4. The van der Waals surface area contributed by atoms with Crippen LogP contribution in [0.4, 0.5) is 11.6 Å². The molecule has 0 atom stereocenters. The quantitative estimate of drug-likeness (QED) is 0.796. The van der Waals surface area contributed by atoms with Gasteiger partial charge in [-0.1, -0.05) is 0 Å². The van der Waals surface area contributed by atoms with Crippen molar-refractivity contribution in [1.82, 2.24) is 4.98 Å². The SMILES string of the molecule is CCOC(=O)c1cc(C(=O)O)c(N)nc1N1CCCC1. The molecule has 2 heterocycles. The van der Waals surface area contributed by atoms with Crippen LogP contribution in [-0.4, -0.2) is 41.7 Å². The number of anilines is 2. The Balaban J connectivity index is 2.50. The number of carbonyl (C=O) groups excluding carboxylic acids is 1. The van der Waals surface area contributed by atoms with E-state index in [2.05, 4.69) is 4.98 Å². The Bertz CT molecular complexity index is 539. The van der Waals surface area contributed by atoms with Crippen molar-refractivity contribution in [3.8, 4) is 0 Å². The molecule has 7 nitrogen and oxygen atoms in total. The average molecular weight is 279 g/mol. The Kier molecular flexibility index (Phi) is 4.07. The Morgan fingerprint density at radius 2 is 2.05 bits per heavy atom. The molecule has 0 amide bonds. The molecule has 0 radical (unpaired) electrons. The van der Waals surface area contributed by atoms with E-state index in [1.54, 1.807) is 6.92 Å². The van der Waals surface area contributed by atoms with Gasteiger partial charge in [-0.3, -0.25) is 0 Å². The molecule has 1 aliphatic heterocycles. The normalized spacial score (nSPS) is 14.3. The van der Waals surface area contributed by atoms with Crippen LogP contribution in [0.15, 0.2) is 6.07 Å². The van der Waals surface area contributed by atoms with Gasteiger partial charge in [0.05, 0.1) is 6.61 Å². The predicted octanol–water partition coefficient (Wildman–Crippen LogP) is 1.14. The number of hydrogen-bond acceptors (Lipinski definition) is 6. The number of nitrogens with zero attached hydrogens (tertiary/aromatic N) is 2. The fraction of sp³-hybridized carbons (Fsp3) is 0.462. The number of ether oxygens (including phenoxy) is 1. The fourth-order valence-corrected chi connectivity index (χ4v) is 2.22. The highest BCUT2D eigenvalue weighted by Crippen LogP contribution is 2.26. The molecule has 1 saturated heterocycles. The van der Waals surface area contributed by atoms with Crippen molar-refractivity contribution in [2.45, 2.75) is 19.8 Å². The lowest BCUT2D eigenvalue weighted by Crippen LogP contribution is -2.24. The minimum atomic E-state index is -1.21. The topological polar surface area (TPSA) is 106 Å². The van der Waals surface area contributed by atoms with E-state index in [1.807, 2.05) is 4.90 Å². The number of carbonyl (C=O) groups is 2. The monoisotopic (exact) mass is 279 g/mol. The van der Waals surface area contributed by atoms with E-state index in [1.165, 1.54) is 6.07 Å². The molecule has 0 spiro atoms. The summed E-state index contributed by atoms with van der Waals surface area (Å²) < 4.78 is 4.96. The van der Waals surface area contributed by atoms with Gasteiger partial charge in [0.15, 0.2) is 0 Å². The van der Waals surface area contributed by atoms with Crippen molar-refractivity contribution in [2.24, 2.45) is 0 Å². The molecule has 7 heteroatoms. The predicted molar refractivity (Wildman–Crippen MR) is 73.0 cm³/mol. The van der Waals surface area contributed by atoms with E-state index in [0.29, 0.717) is 5.82 Å². The van der Waals surface area contributed by atoms with Crippen molar-refractivity contribution in [3.05, 3.63) is 17.2 Å². The second-order valence-electron chi connectivity index (χ2n) is 4.51. The van der Waals surface area contributed by atoms with Gasteiger partial charge in [-0.25, -0.2) is 14.6 Å². The first kappa shape index (κ1) is 14.1. The Hall–Kier alpha value is -2.31. The van der Waals surface area contributed by atoms with Crippen LogP contribution < -0.4 is 10.6 Å². The zero-order chi connectivity index (χ0) is 14.7. The molecule has 0 saturated carbocycles. The van der Waals surface area contributed by atoms with Crippen LogP contribution in [0, 0.1) is 0 Å². The number of aromatic nitrogens is 1. The fourth-order valence-electron chi connectivity index (χ4n) is 2.22. The van der Waals surface area contributed by atoms with E-state index in [9.17, 15) is 9.59 Å². The Labute approximate surface area is 116 Å². The lowest BCUT2D eigenvalue weighted by molar-refractivity contribution is 0.0526. The number of nitrogen functional groups attached to an aromatic ring is 1. The van der Waals surface area contributed by atoms with Crippen LogP contribution in [0.25, 0.3) is 0 Å². The minimum Gasteiger partial charge on any atom is -0.478 e. The largest absolute Gasteiger partial charge is 0.478 e. The average Bonchev–Trinajstić information content (AvgIpc) is 2.91. The molecular formula is C13H17N3O4. The van der Waals surface area contributed by atoms with E-state index in [0.717, 1.165) is 25.9 Å². The number of carboxylic acid groups (broad SMARTS) is 1. The lowest BCUT2D eigenvalue weighted by Gasteiger charge is -2.20. The third kappa shape index (κ3) is 2.66. The van der Waals surface area contributed by atoms with Gasteiger partial charge in [-0.05, 0) is 25.8 Å². The summed E-state index contributed by atoms with van der Waals surface area (Å²) in [5.41, 5.74) is 5.63. The number of aromatic carboxylic acids is 1. The molecule has 1 aliphatic rings. The van der Waals surface area contributed by atoms with Gasteiger partial charge in [0.2, 0.25) is 0 Å². The molecule has 1 fully saturated rings. The lowest BCUT2D eigenvalue weighted by atomic mass is 10.1. The molecular weight excluding hydrogens is 262 g/mol. The molecule has 0 aromatic carbocycles. The van der Waals surface area contributed by atoms with Crippen molar-refractivity contribution < 1.29 is 19.4 Å². The number of nitrogens with two attached hydrogens (primary N) is 1. The highest BCUT2D eigenvalue weighted by Gasteiger charge is 2.25. The third-order valence-electron chi connectivity index (χ3n) is 3.16. The van der Waals surface area contributed by atoms with Crippen LogP contribution in [0.2, 0.25) is 0 Å². The molecule has 2 rings (SSSR count). The van der Waals surface area contributed by atoms with Gasteiger partial charge >= 0.3 is 11.9 Å². The smallest absolute Gasteiger partial charge is 0.341 e. The first-order valence-electron chi connectivity index (χ1n) is 6.50. The van der Waals surface area contributed by atoms with E-state index >= 15 is 0 Å². The highest BCUT2D eigenvalue weighted by atomic mass is 16.5. The van der Waals surface area contributed by atoms with Crippen LogP contribution >= 0.6 is 0 Å². The molecule has 1 aromatic heterocycles. The van der Waals surface area contributed by atoms with E-state index < -0.39 is 11.9 Å². The summed E-state index contributed by atoms with van der Waals surface area (Å²) in [6, 6.07) is 1.25. The zero-order valence-corrected chi connectivity index (χ0v) is 11.3. The molecule has 1 aromatic rings. The summed E-state index contributed by atoms with van der Waals surface area (Å²) in [6.07, 6.45) is 2.01. The summed E-state index contributed by atoms with van der Waals surface area (Å²) >= 11 is 0. The van der Waals surface area contributed by atoms with Gasteiger partial charge in [-0.2, -0.15) is 0 Å². The molecule has 3 N–H and O–H groups in total. The van der Waals surface area contributed by atoms with Crippen molar-refractivity contribution in [2.75, 3.05) is 30.3 Å². The molecule has 108 valence electrons. The van der Waals surface area contributed by atoms with Gasteiger partial charge in [-0.15, -0.1) is 0 Å². The summed E-state index contributed by atoms with van der Waals surface area (Å²) in [5, 5.41) is 9.07. The number of hydrogen-bond donors (Lipinski definition) is 2. The van der Waals surface area contributed by atoms with Gasteiger partial charge in [0.1, 0.15) is 22.8 Å². The second-order valence-corrected chi connectivity index (χ2v) is 4.51. The molecule has 0 aliphatic carbocycles. The zero-order valence-electron chi connectivity index (χ0n) is 11.3.